The lowest BCUT2D eigenvalue weighted by Crippen LogP contribution is -2.24. The molecule has 0 bridgehead atoms. The van der Waals surface area contributed by atoms with Crippen molar-refractivity contribution in [2.24, 2.45) is 0 Å². The van der Waals surface area contributed by atoms with Crippen molar-refractivity contribution in [3.05, 3.63) is 51.0 Å². The smallest absolute Gasteiger partial charge is 0.257 e. The van der Waals surface area contributed by atoms with Gasteiger partial charge in [0.1, 0.15) is 0 Å². The number of rotatable bonds is 4. The Balaban J connectivity index is 1.51. The highest BCUT2D eigenvalue weighted by molar-refractivity contribution is 7.14. The molecule has 2 amide bonds. The first-order chi connectivity index (χ1) is 13.0. The number of thiophene rings is 1. The van der Waals surface area contributed by atoms with Crippen molar-refractivity contribution in [3.63, 3.8) is 0 Å². The number of hydrogen-bond acceptors (Lipinski definition) is 5. The fourth-order valence-corrected chi connectivity index (χ4v) is 4.88. The molecule has 1 aliphatic rings. The van der Waals surface area contributed by atoms with Crippen LogP contribution in [0, 0.1) is 13.8 Å². The molecule has 1 N–H and O–H groups in total. The summed E-state index contributed by atoms with van der Waals surface area (Å²) >= 11 is 3.16. The Morgan fingerprint density at radius 1 is 1.26 bits per heavy atom. The second-order valence-electron chi connectivity index (χ2n) is 6.52. The summed E-state index contributed by atoms with van der Waals surface area (Å²) in [7, 11) is 0. The van der Waals surface area contributed by atoms with E-state index in [-0.39, 0.29) is 11.8 Å². The van der Waals surface area contributed by atoms with Crippen molar-refractivity contribution in [3.8, 4) is 11.3 Å². The van der Waals surface area contributed by atoms with Gasteiger partial charge in [0, 0.05) is 44.9 Å². The Bertz CT molecular complexity index is 1020. The summed E-state index contributed by atoms with van der Waals surface area (Å²) in [4.78, 5) is 33.3. The predicted octanol–water partition coefficient (Wildman–Crippen LogP) is 4.87. The van der Waals surface area contributed by atoms with E-state index in [1.165, 1.54) is 21.1 Å². The van der Waals surface area contributed by atoms with Crippen LogP contribution in [0.3, 0.4) is 0 Å². The molecule has 3 aromatic rings. The minimum Gasteiger partial charge on any atom is -0.312 e. The zero-order valence-corrected chi connectivity index (χ0v) is 16.7. The minimum absolute atomic E-state index is 0.110. The first-order valence-electron chi connectivity index (χ1n) is 8.76. The second-order valence-corrected chi connectivity index (χ2v) is 8.84. The van der Waals surface area contributed by atoms with Gasteiger partial charge in [0.2, 0.25) is 5.91 Å². The number of carbonyl (C=O) groups excluding carboxylic acids is 2. The number of anilines is 2. The Hall–Kier alpha value is -2.51. The number of thiazole rings is 1. The van der Waals surface area contributed by atoms with Crippen LogP contribution in [0.25, 0.3) is 11.3 Å². The molecule has 0 aliphatic carbocycles. The van der Waals surface area contributed by atoms with Gasteiger partial charge < -0.3 is 4.90 Å². The fourth-order valence-electron chi connectivity index (χ4n) is 3.25. The van der Waals surface area contributed by atoms with E-state index in [0.717, 1.165) is 23.4 Å². The summed E-state index contributed by atoms with van der Waals surface area (Å²) in [5, 5.41) is 5.40. The minimum atomic E-state index is -0.220. The average molecular weight is 398 g/mol. The van der Waals surface area contributed by atoms with E-state index in [0.29, 0.717) is 23.7 Å². The molecule has 0 unspecified atom stereocenters. The van der Waals surface area contributed by atoms with Crippen LogP contribution in [0.15, 0.2) is 35.7 Å². The molecule has 4 rings (SSSR count). The molecule has 2 aromatic heterocycles. The SMILES string of the molecule is Cc1cc(-c2csc(NC(=O)c3cccc(N4CCCC4=O)c3)n2)c(C)s1. The molecular formula is C20H19N3O2S2. The van der Waals surface area contributed by atoms with E-state index in [1.54, 1.807) is 34.4 Å². The lowest BCUT2D eigenvalue weighted by molar-refractivity contribution is -0.117. The summed E-state index contributed by atoms with van der Waals surface area (Å²) in [5.41, 5.74) is 3.29. The zero-order valence-electron chi connectivity index (χ0n) is 15.1. The maximum absolute atomic E-state index is 12.6. The number of amides is 2. The van der Waals surface area contributed by atoms with E-state index in [2.05, 4.69) is 30.2 Å². The molecule has 1 aliphatic heterocycles. The Labute approximate surface area is 165 Å². The molecule has 3 heterocycles. The molecular weight excluding hydrogens is 378 g/mol. The normalized spacial score (nSPS) is 14.0. The number of hydrogen-bond donors (Lipinski definition) is 1. The molecule has 0 spiro atoms. The van der Waals surface area contributed by atoms with Gasteiger partial charge in [0.25, 0.3) is 5.91 Å². The summed E-state index contributed by atoms with van der Waals surface area (Å²) in [6, 6.07) is 9.31. The number of benzene rings is 1. The molecule has 0 saturated carbocycles. The van der Waals surface area contributed by atoms with Crippen LogP contribution in [0.4, 0.5) is 10.8 Å². The van der Waals surface area contributed by atoms with Gasteiger partial charge in [0.15, 0.2) is 5.13 Å². The number of carbonyl (C=O) groups is 2. The Morgan fingerprint density at radius 2 is 2.11 bits per heavy atom. The molecule has 138 valence electrons. The summed E-state index contributed by atoms with van der Waals surface area (Å²) in [6.45, 7) is 4.86. The molecule has 0 radical (unpaired) electrons. The summed E-state index contributed by atoms with van der Waals surface area (Å²) in [6.07, 6.45) is 1.43. The van der Waals surface area contributed by atoms with Gasteiger partial charge in [-0.15, -0.1) is 22.7 Å². The van der Waals surface area contributed by atoms with Crippen molar-refractivity contribution in [1.29, 1.82) is 0 Å². The van der Waals surface area contributed by atoms with Crippen LogP contribution in [0.1, 0.15) is 33.0 Å². The van der Waals surface area contributed by atoms with Crippen LogP contribution < -0.4 is 10.2 Å². The molecule has 7 heteroatoms. The van der Waals surface area contributed by atoms with Gasteiger partial charge in [-0.05, 0) is 44.5 Å². The van der Waals surface area contributed by atoms with Crippen molar-refractivity contribution in [1.82, 2.24) is 4.98 Å². The largest absolute Gasteiger partial charge is 0.312 e. The summed E-state index contributed by atoms with van der Waals surface area (Å²) < 4.78 is 0. The van der Waals surface area contributed by atoms with E-state index in [1.807, 2.05) is 11.4 Å². The summed E-state index contributed by atoms with van der Waals surface area (Å²) in [5.74, 6) is -0.110. The van der Waals surface area contributed by atoms with Crippen LogP contribution in [-0.2, 0) is 4.79 Å². The molecule has 27 heavy (non-hydrogen) atoms. The maximum atomic E-state index is 12.6. The molecule has 5 nitrogen and oxygen atoms in total. The van der Waals surface area contributed by atoms with Gasteiger partial charge in [-0.3, -0.25) is 14.9 Å². The highest BCUT2D eigenvalue weighted by Crippen LogP contribution is 2.32. The number of nitrogens with zero attached hydrogens (tertiary/aromatic N) is 2. The molecule has 1 fully saturated rings. The standard InChI is InChI=1S/C20H19N3O2S2/c1-12-9-16(13(2)27-12)17-11-26-20(21-17)22-19(25)14-5-3-6-15(10-14)23-8-4-7-18(23)24/h3,5-6,9-11H,4,7-8H2,1-2H3,(H,21,22,25). The lowest BCUT2D eigenvalue weighted by Gasteiger charge is -2.16. The third-order valence-electron chi connectivity index (χ3n) is 4.54. The van der Waals surface area contributed by atoms with Gasteiger partial charge in [-0.25, -0.2) is 4.98 Å². The first kappa shape index (κ1) is 17.9. The van der Waals surface area contributed by atoms with Crippen molar-refractivity contribution in [2.45, 2.75) is 26.7 Å². The molecule has 0 atom stereocenters. The molecule has 1 saturated heterocycles. The quantitative estimate of drug-likeness (QED) is 0.683. The monoisotopic (exact) mass is 397 g/mol. The zero-order chi connectivity index (χ0) is 19.0. The van der Waals surface area contributed by atoms with Gasteiger partial charge in [-0.2, -0.15) is 0 Å². The first-order valence-corrected chi connectivity index (χ1v) is 10.5. The van der Waals surface area contributed by atoms with E-state index >= 15 is 0 Å². The van der Waals surface area contributed by atoms with E-state index < -0.39 is 0 Å². The van der Waals surface area contributed by atoms with Crippen LogP contribution in [0.2, 0.25) is 0 Å². The predicted molar refractivity (Wildman–Crippen MR) is 111 cm³/mol. The Morgan fingerprint density at radius 3 is 2.81 bits per heavy atom. The number of aromatic nitrogens is 1. The number of aryl methyl sites for hydroxylation is 2. The average Bonchev–Trinajstić information content (AvgIpc) is 3.35. The van der Waals surface area contributed by atoms with Crippen LogP contribution in [-0.4, -0.2) is 23.3 Å². The van der Waals surface area contributed by atoms with E-state index in [9.17, 15) is 9.59 Å². The van der Waals surface area contributed by atoms with Crippen molar-refractivity contribution < 1.29 is 9.59 Å². The topological polar surface area (TPSA) is 62.3 Å². The maximum Gasteiger partial charge on any atom is 0.257 e. The third kappa shape index (κ3) is 3.65. The lowest BCUT2D eigenvalue weighted by atomic mass is 10.2. The fraction of sp³-hybridized carbons (Fsp3) is 0.250. The second kappa shape index (κ2) is 7.25. The molecule has 1 aromatic carbocycles. The highest BCUT2D eigenvalue weighted by atomic mass is 32.1. The highest BCUT2D eigenvalue weighted by Gasteiger charge is 2.22. The van der Waals surface area contributed by atoms with Gasteiger partial charge in [-0.1, -0.05) is 6.07 Å². The van der Waals surface area contributed by atoms with Crippen LogP contribution in [0.5, 0.6) is 0 Å². The van der Waals surface area contributed by atoms with Crippen LogP contribution >= 0.6 is 22.7 Å². The van der Waals surface area contributed by atoms with Crippen molar-refractivity contribution in [2.75, 3.05) is 16.8 Å². The van der Waals surface area contributed by atoms with Gasteiger partial charge in [0.05, 0.1) is 5.69 Å². The van der Waals surface area contributed by atoms with Crippen molar-refractivity contribution >= 4 is 45.3 Å². The van der Waals surface area contributed by atoms with E-state index in [4.69, 9.17) is 0 Å². The van der Waals surface area contributed by atoms with Gasteiger partial charge >= 0.3 is 0 Å². The third-order valence-corrected chi connectivity index (χ3v) is 6.26. The number of nitrogens with one attached hydrogen (secondary N) is 1. The Kier molecular flexibility index (Phi) is 4.80.